The van der Waals surface area contributed by atoms with E-state index in [4.69, 9.17) is 0 Å². The van der Waals surface area contributed by atoms with Crippen LogP contribution in [0.2, 0.25) is 0 Å². The van der Waals surface area contributed by atoms with Gasteiger partial charge in [0.25, 0.3) is 0 Å². The van der Waals surface area contributed by atoms with E-state index in [2.05, 4.69) is 39.9 Å². The van der Waals surface area contributed by atoms with E-state index in [0.29, 0.717) is 12.3 Å². The molecular formula is C16H22BrNO. The van der Waals surface area contributed by atoms with Crippen LogP contribution in [-0.2, 0) is 11.2 Å². The van der Waals surface area contributed by atoms with Crippen molar-refractivity contribution in [3.63, 3.8) is 0 Å². The summed E-state index contributed by atoms with van der Waals surface area (Å²) >= 11 is 3.50. The first-order valence-corrected chi connectivity index (χ1v) is 8.20. The number of aryl methyl sites for hydroxylation is 1. The second-order valence-electron chi connectivity index (χ2n) is 5.49. The Morgan fingerprint density at radius 3 is 3.05 bits per heavy atom. The van der Waals surface area contributed by atoms with E-state index in [0.717, 1.165) is 30.4 Å². The summed E-state index contributed by atoms with van der Waals surface area (Å²) in [7, 11) is 0. The Kier molecular flexibility index (Phi) is 5.44. The smallest absolute Gasteiger partial charge is 0.226 e. The third kappa shape index (κ3) is 4.34. The third-order valence-corrected chi connectivity index (χ3v) is 4.28. The van der Waals surface area contributed by atoms with Crippen molar-refractivity contribution in [1.29, 1.82) is 0 Å². The van der Waals surface area contributed by atoms with Gasteiger partial charge in [-0.1, -0.05) is 45.8 Å². The number of amides is 1. The first-order valence-electron chi connectivity index (χ1n) is 7.08. The molecule has 0 aliphatic carbocycles. The number of rotatable bonds is 4. The minimum absolute atomic E-state index is 0.282. The highest BCUT2D eigenvalue weighted by molar-refractivity contribution is 9.09. The third-order valence-electron chi connectivity index (χ3n) is 3.83. The van der Waals surface area contributed by atoms with Crippen LogP contribution in [0.1, 0.15) is 30.4 Å². The number of carbonyl (C=O) groups is 1. The standard InChI is InChI=1S/C16H22BrNO/c1-13-4-2-5-15(10-13)11-16(19)18-9-3-6-14(12-18)7-8-17/h2,4-5,10,14H,3,6-9,11-12H2,1H3. The van der Waals surface area contributed by atoms with Gasteiger partial charge in [0, 0.05) is 18.4 Å². The van der Waals surface area contributed by atoms with Crippen LogP contribution in [0.15, 0.2) is 24.3 Å². The lowest BCUT2D eigenvalue weighted by molar-refractivity contribution is -0.132. The fourth-order valence-corrected chi connectivity index (χ4v) is 3.44. The van der Waals surface area contributed by atoms with Gasteiger partial charge in [0.05, 0.1) is 6.42 Å². The van der Waals surface area contributed by atoms with Crippen molar-refractivity contribution in [2.45, 2.75) is 32.6 Å². The van der Waals surface area contributed by atoms with Crippen molar-refractivity contribution >= 4 is 21.8 Å². The van der Waals surface area contributed by atoms with Gasteiger partial charge in [-0.05, 0) is 37.7 Å². The van der Waals surface area contributed by atoms with Crippen LogP contribution in [0.3, 0.4) is 0 Å². The van der Waals surface area contributed by atoms with Crippen LogP contribution in [0.5, 0.6) is 0 Å². The number of piperidine rings is 1. The van der Waals surface area contributed by atoms with Crippen LogP contribution in [-0.4, -0.2) is 29.2 Å². The van der Waals surface area contributed by atoms with E-state index in [-0.39, 0.29) is 5.91 Å². The molecule has 0 N–H and O–H groups in total. The average Bonchev–Trinajstić information content (AvgIpc) is 2.39. The molecule has 1 fully saturated rings. The maximum absolute atomic E-state index is 12.3. The van der Waals surface area contributed by atoms with Crippen molar-refractivity contribution in [1.82, 2.24) is 4.90 Å². The Balaban J connectivity index is 1.92. The maximum atomic E-state index is 12.3. The van der Waals surface area contributed by atoms with Crippen LogP contribution in [0.4, 0.5) is 0 Å². The second kappa shape index (κ2) is 7.09. The molecule has 1 amide bonds. The number of likely N-dealkylation sites (tertiary alicyclic amines) is 1. The van der Waals surface area contributed by atoms with Gasteiger partial charge in [-0.25, -0.2) is 0 Å². The second-order valence-corrected chi connectivity index (χ2v) is 6.28. The zero-order valence-electron chi connectivity index (χ0n) is 11.6. The maximum Gasteiger partial charge on any atom is 0.226 e. The largest absolute Gasteiger partial charge is 0.342 e. The van der Waals surface area contributed by atoms with Crippen molar-refractivity contribution in [3.8, 4) is 0 Å². The number of hydrogen-bond donors (Lipinski definition) is 0. The van der Waals surface area contributed by atoms with Crippen molar-refractivity contribution in [2.24, 2.45) is 5.92 Å². The highest BCUT2D eigenvalue weighted by atomic mass is 79.9. The van der Waals surface area contributed by atoms with Gasteiger partial charge in [-0.15, -0.1) is 0 Å². The minimum atomic E-state index is 0.282. The Morgan fingerprint density at radius 2 is 2.32 bits per heavy atom. The van der Waals surface area contributed by atoms with Crippen LogP contribution in [0.25, 0.3) is 0 Å². The van der Waals surface area contributed by atoms with Crippen molar-refractivity contribution in [3.05, 3.63) is 35.4 Å². The van der Waals surface area contributed by atoms with Gasteiger partial charge in [-0.3, -0.25) is 4.79 Å². The van der Waals surface area contributed by atoms with Gasteiger partial charge in [-0.2, -0.15) is 0 Å². The lowest BCUT2D eigenvalue weighted by Gasteiger charge is -2.32. The van der Waals surface area contributed by atoms with Crippen LogP contribution in [0, 0.1) is 12.8 Å². The highest BCUT2D eigenvalue weighted by Gasteiger charge is 2.23. The fraction of sp³-hybridized carbons (Fsp3) is 0.562. The first-order chi connectivity index (χ1) is 9.19. The fourth-order valence-electron chi connectivity index (χ4n) is 2.79. The summed E-state index contributed by atoms with van der Waals surface area (Å²) in [6, 6.07) is 8.26. The van der Waals surface area contributed by atoms with Gasteiger partial charge in [0.15, 0.2) is 0 Å². The predicted molar refractivity (Wildman–Crippen MR) is 82.6 cm³/mol. The number of nitrogens with zero attached hydrogens (tertiary/aromatic N) is 1. The highest BCUT2D eigenvalue weighted by Crippen LogP contribution is 2.21. The topological polar surface area (TPSA) is 20.3 Å². The molecule has 0 bridgehead atoms. The van der Waals surface area contributed by atoms with E-state index in [1.807, 2.05) is 12.1 Å². The van der Waals surface area contributed by atoms with E-state index in [9.17, 15) is 4.79 Å². The molecule has 0 saturated carbocycles. The van der Waals surface area contributed by atoms with Crippen LogP contribution < -0.4 is 0 Å². The summed E-state index contributed by atoms with van der Waals surface area (Å²) in [6.45, 7) is 3.95. The van der Waals surface area contributed by atoms with Crippen molar-refractivity contribution < 1.29 is 4.79 Å². The molecule has 104 valence electrons. The summed E-state index contributed by atoms with van der Waals surface area (Å²) < 4.78 is 0. The molecule has 1 aromatic rings. The Morgan fingerprint density at radius 1 is 1.47 bits per heavy atom. The number of halogens is 1. The predicted octanol–water partition coefficient (Wildman–Crippen LogP) is 3.56. The number of benzene rings is 1. The summed E-state index contributed by atoms with van der Waals surface area (Å²) in [6.07, 6.45) is 4.13. The normalized spacial score (nSPS) is 19.5. The number of hydrogen-bond acceptors (Lipinski definition) is 1. The average molecular weight is 324 g/mol. The quantitative estimate of drug-likeness (QED) is 0.776. The molecule has 1 aliphatic heterocycles. The Hall–Kier alpha value is -0.830. The van der Waals surface area contributed by atoms with Gasteiger partial charge in [0.2, 0.25) is 5.91 Å². The van der Waals surface area contributed by atoms with Gasteiger partial charge < -0.3 is 4.90 Å². The summed E-state index contributed by atoms with van der Waals surface area (Å²) in [5.41, 5.74) is 2.36. The molecule has 0 spiro atoms. The molecule has 1 unspecified atom stereocenters. The van der Waals surface area contributed by atoms with Crippen LogP contribution >= 0.6 is 15.9 Å². The van der Waals surface area contributed by atoms with Crippen molar-refractivity contribution in [2.75, 3.05) is 18.4 Å². The molecule has 0 radical (unpaired) electrons. The monoisotopic (exact) mass is 323 g/mol. The zero-order chi connectivity index (χ0) is 13.7. The van der Waals surface area contributed by atoms with E-state index < -0.39 is 0 Å². The summed E-state index contributed by atoms with van der Waals surface area (Å²) in [4.78, 5) is 14.4. The Bertz CT molecular complexity index is 431. The molecule has 2 nitrogen and oxygen atoms in total. The first kappa shape index (κ1) is 14.6. The zero-order valence-corrected chi connectivity index (χ0v) is 13.2. The lowest BCUT2D eigenvalue weighted by Crippen LogP contribution is -2.40. The van der Waals surface area contributed by atoms with E-state index in [1.54, 1.807) is 0 Å². The van der Waals surface area contributed by atoms with Gasteiger partial charge >= 0.3 is 0 Å². The molecule has 2 rings (SSSR count). The minimum Gasteiger partial charge on any atom is -0.342 e. The summed E-state index contributed by atoms with van der Waals surface area (Å²) in [5, 5.41) is 1.04. The number of alkyl halides is 1. The lowest BCUT2D eigenvalue weighted by atomic mass is 9.95. The molecular weight excluding hydrogens is 302 g/mol. The molecule has 1 atom stereocenters. The summed E-state index contributed by atoms with van der Waals surface area (Å²) in [5.74, 6) is 0.958. The molecule has 1 aromatic carbocycles. The molecule has 19 heavy (non-hydrogen) atoms. The van der Waals surface area contributed by atoms with Gasteiger partial charge in [0.1, 0.15) is 0 Å². The number of carbonyl (C=O) groups excluding carboxylic acids is 1. The molecule has 1 saturated heterocycles. The molecule has 1 aliphatic rings. The molecule has 1 heterocycles. The van der Waals surface area contributed by atoms with E-state index in [1.165, 1.54) is 18.4 Å². The van der Waals surface area contributed by atoms with E-state index >= 15 is 0 Å². The molecule has 0 aromatic heterocycles. The molecule has 3 heteroatoms. The SMILES string of the molecule is Cc1cccc(CC(=O)N2CCCC(CCBr)C2)c1. The Labute approximate surface area is 124 Å².